The van der Waals surface area contributed by atoms with E-state index in [0.717, 1.165) is 9.54 Å². The summed E-state index contributed by atoms with van der Waals surface area (Å²) in [5.74, 6) is 0. The van der Waals surface area contributed by atoms with Crippen molar-refractivity contribution < 1.29 is 8.42 Å². The van der Waals surface area contributed by atoms with Crippen LogP contribution >= 0.6 is 23.8 Å². The minimum atomic E-state index is -3.76. The Kier molecular flexibility index (Phi) is 3.39. The van der Waals surface area contributed by atoms with Gasteiger partial charge in [0.2, 0.25) is 0 Å². The van der Waals surface area contributed by atoms with Gasteiger partial charge in [0, 0.05) is 5.02 Å². The monoisotopic (exact) mass is 338 g/mol. The van der Waals surface area contributed by atoms with Crippen LogP contribution < -0.4 is 0 Å². The number of imidazole rings is 1. The summed E-state index contributed by atoms with van der Waals surface area (Å²) in [6.07, 6.45) is 0. The maximum absolute atomic E-state index is 12.8. The zero-order chi connectivity index (χ0) is 15.2. The lowest BCUT2D eigenvalue weighted by Gasteiger charge is -2.07. The molecule has 1 heterocycles. The van der Waals surface area contributed by atoms with E-state index in [0.29, 0.717) is 16.1 Å². The molecule has 7 heteroatoms. The highest BCUT2D eigenvalue weighted by Gasteiger charge is 2.21. The van der Waals surface area contributed by atoms with E-state index in [1.807, 2.05) is 19.1 Å². The Morgan fingerprint density at radius 2 is 1.81 bits per heavy atom. The number of H-pyrrole nitrogens is 1. The highest BCUT2D eigenvalue weighted by atomic mass is 35.5. The van der Waals surface area contributed by atoms with Gasteiger partial charge in [0.1, 0.15) is 0 Å². The lowest BCUT2D eigenvalue weighted by atomic mass is 10.2. The molecule has 2 aromatic carbocycles. The average Bonchev–Trinajstić information content (AvgIpc) is 2.74. The van der Waals surface area contributed by atoms with E-state index in [1.54, 1.807) is 6.07 Å². The van der Waals surface area contributed by atoms with E-state index in [4.69, 9.17) is 23.8 Å². The van der Waals surface area contributed by atoms with Crippen LogP contribution in [0.2, 0.25) is 5.02 Å². The Morgan fingerprint density at radius 1 is 1.14 bits per heavy atom. The average molecular weight is 339 g/mol. The van der Waals surface area contributed by atoms with Crippen LogP contribution in [0.4, 0.5) is 0 Å². The molecule has 0 aliphatic carbocycles. The SMILES string of the molecule is Cc1ccc2c(c1)[nH]c(=S)n2S(=O)(=O)c1ccc(Cl)cc1. The molecule has 0 aliphatic rings. The molecule has 0 amide bonds. The normalized spacial score (nSPS) is 11.9. The third kappa shape index (κ3) is 2.39. The van der Waals surface area contributed by atoms with Gasteiger partial charge in [0.15, 0.2) is 4.77 Å². The molecule has 0 atom stereocenters. The van der Waals surface area contributed by atoms with Crippen LogP contribution in [0.25, 0.3) is 11.0 Å². The summed E-state index contributed by atoms with van der Waals surface area (Å²) in [7, 11) is -3.76. The van der Waals surface area contributed by atoms with E-state index in [-0.39, 0.29) is 9.67 Å². The number of fused-ring (bicyclic) bond motifs is 1. The smallest absolute Gasteiger partial charge is 0.270 e. The van der Waals surface area contributed by atoms with Gasteiger partial charge < -0.3 is 4.98 Å². The zero-order valence-electron chi connectivity index (χ0n) is 11.0. The lowest BCUT2D eigenvalue weighted by Crippen LogP contribution is -2.12. The molecular formula is C14H11ClN2O2S2. The number of aromatic amines is 1. The van der Waals surface area contributed by atoms with Crippen molar-refractivity contribution in [3.63, 3.8) is 0 Å². The number of aromatic nitrogens is 2. The minimum absolute atomic E-state index is 0.143. The number of aryl methyl sites for hydroxylation is 1. The van der Waals surface area contributed by atoms with Gasteiger partial charge in [-0.25, -0.2) is 12.4 Å². The second-order valence-electron chi connectivity index (χ2n) is 4.67. The van der Waals surface area contributed by atoms with Crippen molar-refractivity contribution >= 4 is 44.9 Å². The molecule has 1 aromatic heterocycles. The summed E-state index contributed by atoms with van der Waals surface area (Å²) >= 11 is 11.0. The molecule has 1 N–H and O–H groups in total. The van der Waals surface area contributed by atoms with Crippen LogP contribution in [0.1, 0.15) is 5.56 Å². The molecule has 0 saturated heterocycles. The fourth-order valence-electron chi connectivity index (χ4n) is 2.15. The van der Waals surface area contributed by atoms with Crippen molar-refractivity contribution in [3.8, 4) is 0 Å². The first-order chi connectivity index (χ1) is 9.89. The second kappa shape index (κ2) is 4.98. The number of hydrogen-bond donors (Lipinski definition) is 1. The van der Waals surface area contributed by atoms with Crippen LogP contribution in [0.3, 0.4) is 0 Å². The van der Waals surface area contributed by atoms with Crippen LogP contribution in [0.15, 0.2) is 47.4 Å². The van der Waals surface area contributed by atoms with Crippen LogP contribution in [-0.4, -0.2) is 17.4 Å². The van der Waals surface area contributed by atoms with Gasteiger partial charge in [0.05, 0.1) is 15.9 Å². The Labute approximate surface area is 132 Å². The Morgan fingerprint density at radius 3 is 2.48 bits per heavy atom. The molecule has 0 aliphatic heterocycles. The fourth-order valence-corrected chi connectivity index (χ4v) is 4.15. The summed E-state index contributed by atoms with van der Waals surface area (Å²) in [4.78, 5) is 3.07. The number of benzene rings is 2. The van der Waals surface area contributed by atoms with Gasteiger partial charge in [-0.2, -0.15) is 0 Å². The Balaban J connectivity index is 2.31. The summed E-state index contributed by atoms with van der Waals surface area (Å²) < 4.78 is 26.8. The molecule has 3 rings (SSSR count). The molecule has 108 valence electrons. The van der Waals surface area contributed by atoms with Crippen LogP contribution in [0, 0.1) is 11.7 Å². The topological polar surface area (TPSA) is 54.9 Å². The number of halogens is 1. The van der Waals surface area contributed by atoms with Crippen molar-refractivity contribution in [1.29, 1.82) is 0 Å². The number of rotatable bonds is 2. The van der Waals surface area contributed by atoms with Crippen molar-refractivity contribution in [2.75, 3.05) is 0 Å². The standard InChI is InChI=1S/C14H11ClN2O2S2/c1-9-2-7-13-12(8-9)16-14(20)17(13)21(18,19)11-5-3-10(15)4-6-11/h2-8H,1H3,(H,16,20). The number of hydrogen-bond acceptors (Lipinski definition) is 3. The fraction of sp³-hybridized carbons (Fsp3) is 0.0714. The molecule has 21 heavy (non-hydrogen) atoms. The third-order valence-corrected chi connectivity index (χ3v) is 5.53. The van der Waals surface area contributed by atoms with Crippen LogP contribution in [-0.2, 0) is 10.0 Å². The van der Waals surface area contributed by atoms with Crippen molar-refractivity contribution in [2.24, 2.45) is 0 Å². The predicted octanol–water partition coefficient (Wildman–Crippen LogP) is 3.90. The summed E-state index contributed by atoms with van der Waals surface area (Å²) in [6, 6.07) is 11.5. The second-order valence-corrected chi connectivity index (χ2v) is 7.28. The van der Waals surface area contributed by atoms with Gasteiger partial charge in [-0.1, -0.05) is 17.7 Å². The Hall–Kier alpha value is -1.63. The largest absolute Gasteiger partial charge is 0.330 e. The highest BCUT2D eigenvalue weighted by Crippen LogP contribution is 2.23. The van der Waals surface area contributed by atoms with Gasteiger partial charge in [-0.05, 0) is 61.1 Å². The molecular weight excluding hydrogens is 328 g/mol. The Bertz CT molecular complexity index is 986. The zero-order valence-corrected chi connectivity index (χ0v) is 13.4. The first-order valence-electron chi connectivity index (χ1n) is 6.12. The van der Waals surface area contributed by atoms with E-state index in [2.05, 4.69) is 4.98 Å². The van der Waals surface area contributed by atoms with Gasteiger partial charge in [-0.15, -0.1) is 0 Å². The minimum Gasteiger partial charge on any atom is -0.330 e. The predicted molar refractivity (Wildman–Crippen MR) is 85.9 cm³/mol. The number of nitrogens with zero attached hydrogens (tertiary/aromatic N) is 1. The summed E-state index contributed by atoms with van der Waals surface area (Å²) in [6.45, 7) is 1.93. The van der Waals surface area contributed by atoms with Crippen molar-refractivity contribution in [2.45, 2.75) is 11.8 Å². The van der Waals surface area contributed by atoms with E-state index < -0.39 is 10.0 Å². The first kappa shape index (κ1) is 14.3. The molecule has 3 aromatic rings. The lowest BCUT2D eigenvalue weighted by molar-refractivity contribution is 0.588. The molecule has 0 unspecified atom stereocenters. The molecule has 0 saturated carbocycles. The molecule has 0 radical (unpaired) electrons. The first-order valence-corrected chi connectivity index (χ1v) is 8.35. The van der Waals surface area contributed by atoms with Crippen molar-refractivity contribution in [3.05, 3.63) is 57.8 Å². The van der Waals surface area contributed by atoms with Crippen LogP contribution in [0.5, 0.6) is 0 Å². The van der Waals surface area contributed by atoms with E-state index >= 15 is 0 Å². The molecule has 0 spiro atoms. The maximum Gasteiger partial charge on any atom is 0.270 e. The third-order valence-electron chi connectivity index (χ3n) is 3.15. The molecule has 0 bridgehead atoms. The summed E-state index contributed by atoms with van der Waals surface area (Å²) in [5.41, 5.74) is 2.24. The number of nitrogens with one attached hydrogen (secondary N) is 1. The molecule has 4 nitrogen and oxygen atoms in total. The van der Waals surface area contributed by atoms with Gasteiger partial charge in [-0.3, -0.25) is 0 Å². The quantitative estimate of drug-likeness (QED) is 0.721. The van der Waals surface area contributed by atoms with Gasteiger partial charge >= 0.3 is 0 Å². The summed E-state index contributed by atoms with van der Waals surface area (Å²) in [5, 5.41) is 0.479. The van der Waals surface area contributed by atoms with E-state index in [9.17, 15) is 8.42 Å². The molecule has 0 fully saturated rings. The van der Waals surface area contributed by atoms with Crippen molar-refractivity contribution in [1.82, 2.24) is 8.96 Å². The van der Waals surface area contributed by atoms with Gasteiger partial charge in [0.25, 0.3) is 10.0 Å². The maximum atomic E-state index is 12.8. The van der Waals surface area contributed by atoms with E-state index in [1.165, 1.54) is 24.3 Å². The highest BCUT2D eigenvalue weighted by molar-refractivity contribution is 7.90.